The fourth-order valence-corrected chi connectivity index (χ4v) is 5.60. The molecule has 1 N–H and O–H groups in total. The summed E-state index contributed by atoms with van der Waals surface area (Å²) >= 11 is 5.58. The maximum atomic E-state index is 10.1. The molecular formula is C22H23BrO2S. The van der Waals surface area contributed by atoms with Crippen LogP contribution in [0.3, 0.4) is 0 Å². The Balaban J connectivity index is 1.65. The number of aliphatic hydroxyl groups is 1. The van der Waals surface area contributed by atoms with E-state index in [0.29, 0.717) is 12.8 Å². The first-order chi connectivity index (χ1) is 12.5. The van der Waals surface area contributed by atoms with Crippen molar-refractivity contribution in [2.75, 3.05) is 0 Å². The van der Waals surface area contributed by atoms with Crippen LogP contribution < -0.4 is 0 Å². The van der Waals surface area contributed by atoms with Gasteiger partial charge in [-0.3, -0.25) is 0 Å². The van der Waals surface area contributed by atoms with Gasteiger partial charge >= 0.3 is 0 Å². The first-order valence-corrected chi connectivity index (χ1v) is 10.7. The lowest BCUT2D eigenvalue weighted by Gasteiger charge is -2.32. The van der Waals surface area contributed by atoms with Gasteiger partial charge in [0.25, 0.3) is 0 Å². The molecule has 0 spiro atoms. The van der Waals surface area contributed by atoms with Crippen LogP contribution in [0.25, 0.3) is 10.1 Å². The zero-order chi connectivity index (χ0) is 18.3. The lowest BCUT2D eigenvalue weighted by atomic mass is 9.93. The smallest absolute Gasteiger partial charge is 0.0864 e. The molecule has 0 radical (unpaired) electrons. The van der Waals surface area contributed by atoms with Crippen molar-refractivity contribution in [2.45, 2.75) is 51.4 Å². The highest BCUT2D eigenvalue weighted by Crippen LogP contribution is 2.37. The van der Waals surface area contributed by atoms with Gasteiger partial charge in [-0.1, -0.05) is 40.2 Å². The number of ether oxygens (including phenoxy) is 1. The highest BCUT2D eigenvalue weighted by molar-refractivity contribution is 9.10. The summed E-state index contributed by atoms with van der Waals surface area (Å²) in [7, 11) is 0. The fourth-order valence-electron chi connectivity index (χ4n) is 3.80. The standard InChI is InChI=1S/C22H23BrO2S/c1-13-7-20(23)19(21-12-17(24)8-14(2)25-21)11-16(13)10-18-9-15-5-3-4-6-22(15)26-18/h3-7,9,11,14,17,21,24H,8,10,12H2,1-2H3. The highest BCUT2D eigenvalue weighted by atomic mass is 79.9. The monoisotopic (exact) mass is 430 g/mol. The summed E-state index contributed by atoms with van der Waals surface area (Å²) in [6, 6.07) is 15.3. The molecule has 2 nitrogen and oxygen atoms in total. The van der Waals surface area contributed by atoms with E-state index in [1.54, 1.807) is 0 Å². The second-order valence-corrected chi connectivity index (χ2v) is 9.31. The molecule has 26 heavy (non-hydrogen) atoms. The second-order valence-electron chi connectivity index (χ2n) is 7.29. The lowest BCUT2D eigenvalue weighted by molar-refractivity contribution is -0.0898. The van der Waals surface area contributed by atoms with Crippen LogP contribution in [0.5, 0.6) is 0 Å². The Hall–Kier alpha value is -1.20. The molecule has 0 saturated carbocycles. The van der Waals surface area contributed by atoms with Gasteiger partial charge in [-0.25, -0.2) is 0 Å². The Morgan fingerprint density at radius 2 is 2.00 bits per heavy atom. The maximum absolute atomic E-state index is 10.1. The molecule has 4 heteroatoms. The average molecular weight is 431 g/mol. The Morgan fingerprint density at radius 1 is 1.19 bits per heavy atom. The number of aryl methyl sites for hydroxylation is 1. The summed E-state index contributed by atoms with van der Waals surface area (Å²) in [4.78, 5) is 1.38. The minimum absolute atomic E-state index is 0.0510. The molecule has 2 heterocycles. The van der Waals surface area contributed by atoms with E-state index >= 15 is 0 Å². The van der Waals surface area contributed by atoms with Crippen molar-refractivity contribution in [2.24, 2.45) is 0 Å². The van der Waals surface area contributed by atoms with Crippen LogP contribution in [0.2, 0.25) is 0 Å². The number of thiophene rings is 1. The van der Waals surface area contributed by atoms with Crippen molar-refractivity contribution < 1.29 is 9.84 Å². The SMILES string of the molecule is Cc1cc(Br)c(C2CC(O)CC(C)O2)cc1Cc1cc2ccccc2s1. The third-order valence-electron chi connectivity index (χ3n) is 5.13. The van der Waals surface area contributed by atoms with E-state index in [1.807, 2.05) is 18.3 Å². The largest absolute Gasteiger partial charge is 0.393 e. The average Bonchev–Trinajstić information content (AvgIpc) is 2.98. The minimum Gasteiger partial charge on any atom is -0.393 e. The van der Waals surface area contributed by atoms with Crippen LogP contribution in [0.1, 0.15) is 47.4 Å². The molecule has 1 aliphatic rings. The minimum atomic E-state index is -0.289. The van der Waals surface area contributed by atoms with Gasteiger partial charge < -0.3 is 9.84 Å². The van der Waals surface area contributed by atoms with Gasteiger partial charge in [0.2, 0.25) is 0 Å². The van der Waals surface area contributed by atoms with Crippen molar-refractivity contribution in [3.8, 4) is 0 Å². The molecule has 0 aliphatic carbocycles. The number of aliphatic hydroxyl groups excluding tert-OH is 1. The number of hydrogen-bond acceptors (Lipinski definition) is 3. The highest BCUT2D eigenvalue weighted by Gasteiger charge is 2.28. The van der Waals surface area contributed by atoms with Crippen molar-refractivity contribution in [1.29, 1.82) is 0 Å². The molecule has 136 valence electrons. The molecule has 1 aromatic heterocycles. The van der Waals surface area contributed by atoms with E-state index < -0.39 is 0 Å². The topological polar surface area (TPSA) is 29.5 Å². The van der Waals surface area contributed by atoms with E-state index in [1.165, 1.54) is 26.1 Å². The van der Waals surface area contributed by atoms with E-state index in [2.05, 4.69) is 65.3 Å². The van der Waals surface area contributed by atoms with Gasteiger partial charge in [-0.2, -0.15) is 0 Å². The first-order valence-electron chi connectivity index (χ1n) is 9.09. The molecule has 3 unspecified atom stereocenters. The van der Waals surface area contributed by atoms with Crippen LogP contribution in [-0.4, -0.2) is 17.3 Å². The van der Waals surface area contributed by atoms with Gasteiger partial charge in [0.1, 0.15) is 0 Å². The van der Waals surface area contributed by atoms with Gasteiger partial charge in [0.05, 0.1) is 18.3 Å². The Kier molecular flexibility index (Phi) is 5.20. The zero-order valence-corrected chi connectivity index (χ0v) is 17.4. The molecule has 0 bridgehead atoms. The summed E-state index contributed by atoms with van der Waals surface area (Å²) in [5.74, 6) is 0. The van der Waals surface area contributed by atoms with Gasteiger partial charge in [0.15, 0.2) is 0 Å². The predicted molar refractivity (Wildman–Crippen MR) is 112 cm³/mol. The molecule has 0 amide bonds. The van der Waals surface area contributed by atoms with E-state index in [9.17, 15) is 5.11 Å². The van der Waals surface area contributed by atoms with Crippen LogP contribution in [0.4, 0.5) is 0 Å². The van der Waals surface area contributed by atoms with Crippen molar-refractivity contribution in [1.82, 2.24) is 0 Å². The third-order valence-corrected chi connectivity index (χ3v) is 6.93. The van der Waals surface area contributed by atoms with Gasteiger partial charge in [0, 0.05) is 26.9 Å². The molecule has 1 fully saturated rings. The summed E-state index contributed by atoms with van der Waals surface area (Å²) in [6.45, 7) is 4.20. The summed E-state index contributed by atoms with van der Waals surface area (Å²) in [5, 5.41) is 11.5. The van der Waals surface area contributed by atoms with Crippen molar-refractivity contribution in [3.05, 3.63) is 68.5 Å². The summed E-state index contributed by atoms with van der Waals surface area (Å²) < 4.78 is 8.54. The molecule has 1 aliphatic heterocycles. The van der Waals surface area contributed by atoms with E-state index in [0.717, 1.165) is 16.5 Å². The first kappa shape index (κ1) is 18.2. The zero-order valence-electron chi connectivity index (χ0n) is 15.0. The molecule has 1 saturated heterocycles. The van der Waals surface area contributed by atoms with Crippen molar-refractivity contribution >= 4 is 37.4 Å². The van der Waals surface area contributed by atoms with E-state index in [-0.39, 0.29) is 18.3 Å². The number of fused-ring (bicyclic) bond motifs is 1. The number of rotatable bonds is 3. The van der Waals surface area contributed by atoms with E-state index in [4.69, 9.17) is 4.74 Å². The second kappa shape index (κ2) is 7.43. The number of hydrogen-bond donors (Lipinski definition) is 1. The number of benzene rings is 2. The van der Waals surface area contributed by atoms with Crippen LogP contribution in [0, 0.1) is 6.92 Å². The Bertz CT molecular complexity index is 890. The summed E-state index contributed by atoms with van der Waals surface area (Å²) in [6.07, 6.45) is 2.05. The Labute approximate surface area is 166 Å². The van der Waals surface area contributed by atoms with Gasteiger partial charge in [-0.05, 0) is 60.5 Å². The predicted octanol–water partition coefficient (Wildman–Crippen LogP) is 6.16. The fraction of sp³-hybridized carbons (Fsp3) is 0.364. The normalized spacial score (nSPS) is 23.5. The van der Waals surface area contributed by atoms with Gasteiger partial charge in [-0.15, -0.1) is 11.3 Å². The quantitative estimate of drug-likeness (QED) is 0.538. The van der Waals surface area contributed by atoms with Crippen LogP contribution >= 0.6 is 27.3 Å². The molecule has 4 rings (SSSR count). The summed E-state index contributed by atoms with van der Waals surface area (Å²) in [5.41, 5.74) is 3.76. The third kappa shape index (κ3) is 3.74. The Morgan fingerprint density at radius 3 is 2.77 bits per heavy atom. The molecule has 2 aromatic carbocycles. The molecule has 3 aromatic rings. The molecular weight excluding hydrogens is 408 g/mol. The number of halogens is 1. The lowest BCUT2D eigenvalue weighted by Crippen LogP contribution is -2.29. The van der Waals surface area contributed by atoms with Crippen molar-refractivity contribution in [3.63, 3.8) is 0 Å². The van der Waals surface area contributed by atoms with Crippen LogP contribution in [0.15, 0.2) is 46.9 Å². The maximum Gasteiger partial charge on any atom is 0.0864 e. The van der Waals surface area contributed by atoms with Crippen LogP contribution in [-0.2, 0) is 11.2 Å². The molecule has 3 atom stereocenters.